The molecule has 0 unspecified atom stereocenters. The number of rotatable bonds is 6. The number of alkyl carbamates (subject to hydrolysis) is 1. The molecule has 0 saturated carbocycles. The van der Waals surface area contributed by atoms with Gasteiger partial charge in [0, 0.05) is 6.54 Å². The van der Waals surface area contributed by atoms with Crippen LogP contribution in [0.5, 0.6) is 0 Å². The molecular formula is C13H20N2O3. The van der Waals surface area contributed by atoms with E-state index in [1.165, 1.54) is 0 Å². The van der Waals surface area contributed by atoms with Crippen LogP contribution in [0, 0.1) is 0 Å². The molecule has 5 heteroatoms. The van der Waals surface area contributed by atoms with Crippen LogP contribution in [0.25, 0.3) is 0 Å². The maximum Gasteiger partial charge on any atom is 0.407 e. The quantitative estimate of drug-likeness (QED) is 0.787. The predicted molar refractivity (Wildman–Crippen MR) is 69.2 cm³/mol. The molecule has 1 aromatic carbocycles. The van der Waals surface area contributed by atoms with Crippen molar-refractivity contribution in [1.82, 2.24) is 10.2 Å². The lowest BCUT2D eigenvalue weighted by molar-refractivity contribution is 0.125. The Labute approximate surface area is 107 Å². The van der Waals surface area contributed by atoms with Crippen LogP contribution in [-0.2, 0) is 11.3 Å². The minimum atomic E-state index is -0.514. The molecule has 0 aliphatic heterocycles. The third-order valence-electron chi connectivity index (χ3n) is 2.34. The lowest BCUT2D eigenvalue weighted by Gasteiger charge is -2.19. The van der Waals surface area contributed by atoms with Gasteiger partial charge in [-0.05, 0) is 19.7 Å². The van der Waals surface area contributed by atoms with E-state index in [0.29, 0.717) is 6.54 Å². The first-order valence-corrected chi connectivity index (χ1v) is 5.84. The van der Waals surface area contributed by atoms with E-state index in [4.69, 9.17) is 9.84 Å². The largest absolute Gasteiger partial charge is 0.445 e. The van der Waals surface area contributed by atoms with Gasteiger partial charge in [-0.25, -0.2) is 4.79 Å². The van der Waals surface area contributed by atoms with Gasteiger partial charge in [-0.15, -0.1) is 0 Å². The van der Waals surface area contributed by atoms with E-state index in [2.05, 4.69) is 5.32 Å². The third-order valence-corrected chi connectivity index (χ3v) is 2.34. The average Bonchev–Trinajstić information content (AvgIpc) is 2.36. The fourth-order valence-corrected chi connectivity index (χ4v) is 1.52. The van der Waals surface area contributed by atoms with Gasteiger partial charge in [0.25, 0.3) is 0 Å². The van der Waals surface area contributed by atoms with E-state index >= 15 is 0 Å². The molecule has 0 radical (unpaired) electrons. The maximum absolute atomic E-state index is 11.5. The number of aliphatic hydroxyl groups is 1. The standard InChI is InChI=1S/C13H20N2O3/c1-15(2)8-12(9-16)14-13(17)18-10-11-6-4-3-5-7-11/h3-7,12,16H,8-10H2,1-2H3,(H,14,17)/t12-/m0/s1. The fourth-order valence-electron chi connectivity index (χ4n) is 1.52. The summed E-state index contributed by atoms with van der Waals surface area (Å²) in [5.74, 6) is 0. The van der Waals surface area contributed by atoms with Crippen LogP contribution >= 0.6 is 0 Å². The Bertz CT molecular complexity index is 355. The van der Waals surface area contributed by atoms with Crippen molar-refractivity contribution < 1.29 is 14.6 Å². The Morgan fingerprint density at radius 3 is 2.61 bits per heavy atom. The van der Waals surface area contributed by atoms with Crippen LogP contribution in [0.3, 0.4) is 0 Å². The number of carbonyl (C=O) groups excluding carboxylic acids is 1. The van der Waals surface area contributed by atoms with Gasteiger partial charge in [0.15, 0.2) is 0 Å². The summed E-state index contributed by atoms with van der Waals surface area (Å²) in [6.45, 7) is 0.683. The lowest BCUT2D eigenvalue weighted by atomic mass is 10.2. The number of carbonyl (C=O) groups is 1. The van der Waals surface area contributed by atoms with Crippen molar-refractivity contribution >= 4 is 6.09 Å². The van der Waals surface area contributed by atoms with Gasteiger partial charge in [-0.3, -0.25) is 0 Å². The predicted octanol–water partition coefficient (Wildman–Crippen LogP) is 0.835. The van der Waals surface area contributed by atoms with Crippen LogP contribution < -0.4 is 5.32 Å². The number of likely N-dealkylation sites (N-methyl/N-ethyl adjacent to an activating group) is 1. The molecule has 0 fully saturated rings. The molecule has 1 amide bonds. The van der Waals surface area contributed by atoms with Crippen LogP contribution in [0.1, 0.15) is 5.56 Å². The van der Waals surface area contributed by atoms with E-state index in [0.717, 1.165) is 5.56 Å². The van der Waals surface area contributed by atoms with E-state index in [1.807, 2.05) is 49.3 Å². The highest BCUT2D eigenvalue weighted by atomic mass is 16.5. The van der Waals surface area contributed by atoms with Crippen molar-refractivity contribution in [2.24, 2.45) is 0 Å². The van der Waals surface area contributed by atoms with Crippen molar-refractivity contribution in [3.05, 3.63) is 35.9 Å². The first-order valence-electron chi connectivity index (χ1n) is 5.84. The zero-order valence-corrected chi connectivity index (χ0v) is 10.8. The molecule has 0 aliphatic rings. The highest BCUT2D eigenvalue weighted by Crippen LogP contribution is 2.00. The van der Waals surface area contributed by atoms with Gasteiger partial charge >= 0.3 is 6.09 Å². The number of nitrogens with one attached hydrogen (secondary N) is 1. The van der Waals surface area contributed by atoms with Gasteiger partial charge in [0.1, 0.15) is 6.61 Å². The maximum atomic E-state index is 11.5. The molecule has 0 heterocycles. The van der Waals surface area contributed by atoms with Crippen LogP contribution in [-0.4, -0.2) is 49.4 Å². The fraction of sp³-hybridized carbons (Fsp3) is 0.462. The Morgan fingerprint density at radius 2 is 2.06 bits per heavy atom. The average molecular weight is 252 g/mol. The van der Waals surface area contributed by atoms with Crippen molar-refractivity contribution in [2.75, 3.05) is 27.2 Å². The molecule has 0 aliphatic carbocycles. The molecule has 1 atom stereocenters. The van der Waals surface area contributed by atoms with Crippen LogP contribution in [0.15, 0.2) is 30.3 Å². The first kappa shape index (κ1) is 14.5. The minimum Gasteiger partial charge on any atom is -0.445 e. The Morgan fingerprint density at radius 1 is 1.39 bits per heavy atom. The minimum absolute atomic E-state index is 0.112. The topological polar surface area (TPSA) is 61.8 Å². The monoisotopic (exact) mass is 252 g/mol. The summed E-state index contributed by atoms with van der Waals surface area (Å²) in [6, 6.07) is 9.14. The van der Waals surface area contributed by atoms with Gasteiger partial charge in [0.05, 0.1) is 12.6 Å². The number of nitrogens with zero attached hydrogens (tertiary/aromatic N) is 1. The van der Waals surface area contributed by atoms with E-state index < -0.39 is 6.09 Å². The van der Waals surface area contributed by atoms with E-state index in [-0.39, 0.29) is 19.3 Å². The number of aliphatic hydroxyl groups excluding tert-OH is 1. The summed E-state index contributed by atoms with van der Waals surface area (Å²) in [6.07, 6.45) is -0.514. The molecule has 5 nitrogen and oxygen atoms in total. The Balaban J connectivity index is 2.32. The van der Waals surface area contributed by atoms with Crippen molar-refractivity contribution in [1.29, 1.82) is 0 Å². The van der Waals surface area contributed by atoms with Crippen molar-refractivity contribution in [2.45, 2.75) is 12.6 Å². The zero-order valence-electron chi connectivity index (χ0n) is 10.8. The molecule has 18 heavy (non-hydrogen) atoms. The van der Waals surface area contributed by atoms with E-state index in [9.17, 15) is 4.79 Å². The lowest BCUT2D eigenvalue weighted by Crippen LogP contribution is -2.44. The zero-order chi connectivity index (χ0) is 13.4. The summed E-state index contributed by atoms with van der Waals surface area (Å²) in [4.78, 5) is 13.4. The highest BCUT2D eigenvalue weighted by Gasteiger charge is 2.12. The van der Waals surface area contributed by atoms with Crippen LogP contribution in [0.4, 0.5) is 4.79 Å². The smallest absolute Gasteiger partial charge is 0.407 e. The van der Waals surface area contributed by atoms with Gasteiger partial charge in [-0.2, -0.15) is 0 Å². The second kappa shape index (κ2) is 7.68. The second-order valence-electron chi connectivity index (χ2n) is 4.35. The molecular weight excluding hydrogens is 232 g/mol. The molecule has 1 aromatic rings. The molecule has 0 aromatic heterocycles. The van der Waals surface area contributed by atoms with Crippen molar-refractivity contribution in [3.8, 4) is 0 Å². The summed E-state index contributed by atoms with van der Waals surface area (Å²) in [7, 11) is 3.75. The molecule has 0 bridgehead atoms. The molecule has 100 valence electrons. The van der Waals surface area contributed by atoms with Gasteiger partial charge in [0.2, 0.25) is 0 Å². The number of hydrogen-bond donors (Lipinski definition) is 2. The Hall–Kier alpha value is -1.59. The van der Waals surface area contributed by atoms with E-state index in [1.54, 1.807) is 0 Å². The number of hydrogen-bond acceptors (Lipinski definition) is 4. The summed E-state index contributed by atoms with van der Waals surface area (Å²) in [5, 5.41) is 11.7. The summed E-state index contributed by atoms with van der Waals surface area (Å²) >= 11 is 0. The molecule has 2 N–H and O–H groups in total. The van der Waals surface area contributed by atoms with Gasteiger partial charge < -0.3 is 20.1 Å². The molecule has 1 rings (SSSR count). The molecule has 0 spiro atoms. The number of ether oxygens (including phenoxy) is 1. The number of amides is 1. The Kier molecular flexibility index (Phi) is 6.18. The van der Waals surface area contributed by atoms with Crippen LogP contribution in [0.2, 0.25) is 0 Å². The highest BCUT2D eigenvalue weighted by molar-refractivity contribution is 5.67. The summed E-state index contributed by atoms with van der Waals surface area (Å²) in [5.41, 5.74) is 0.931. The first-order chi connectivity index (χ1) is 8.61. The summed E-state index contributed by atoms with van der Waals surface area (Å²) < 4.78 is 5.06. The second-order valence-corrected chi connectivity index (χ2v) is 4.35. The molecule has 0 saturated heterocycles. The number of benzene rings is 1. The van der Waals surface area contributed by atoms with Gasteiger partial charge in [-0.1, -0.05) is 30.3 Å². The van der Waals surface area contributed by atoms with Crippen molar-refractivity contribution in [3.63, 3.8) is 0 Å². The normalized spacial score (nSPS) is 12.2. The third kappa shape index (κ3) is 5.65. The SMILES string of the molecule is CN(C)C[C@@H](CO)NC(=O)OCc1ccccc1.